The van der Waals surface area contributed by atoms with Crippen LogP contribution in [0.4, 0.5) is 0 Å². The third kappa shape index (κ3) is 125. The zero-order chi connectivity index (χ0) is 5.58. The Bertz CT molecular complexity index is 40.5. The van der Waals surface area contributed by atoms with Gasteiger partial charge in [0, 0.05) is 6.57 Å². The molecule has 0 spiro atoms. The maximum Gasteiger partial charge on any atom is 1.00 e. The summed E-state index contributed by atoms with van der Waals surface area (Å²) in [6, 6.07) is 0. The zero-order valence-electron chi connectivity index (χ0n) is 5.83. The summed E-state index contributed by atoms with van der Waals surface area (Å²) in [5, 5.41) is 31.8. The summed E-state index contributed by atoms with van der Waals surface area (Å²) in [7, 11) is -2.92. The van der Waals surface area contributed by atoms with Gasteiger partial charge in [-0.15, -0.1) is 0 Å². The predicted octanol–water partition coefficient (Wildman–Crippen LogP) is -12.8. The van der Waals surface area contributed by atoms with Gasteiger partial charge in [-0.25, -0.2) is 5.26 Å². The third-order valence-corrected chi connectivity index (χ3v) is 0. The molecule has 0 atom stereocenters. The molecule has 0 amide bonds. The van der Waals surface area contributed by atoms with E-state index in [0.29, 0.717) is 0 Å². The van der Waals surface area contributed by atoms with Crippen molar-refractivity contribution in [2.45, 2.75) is 0 Å². The van der Waals surface area contributed by atoms with Crippen LogP contribution in [-0.2, 0) is 0 Å². The maximum atomic E-state index is 8.42. The van der Waals surface area contributed by atoms with Gasteiger partial charge in [0.15, 0.2) is 0 Å². The van der Waals surface area contributed by atoms with E-state index >= 15 is 0 Å². The average molecular weight is 155 g/mol. The second-order valence-corrected chi connectivity index (χ2v) is 0.289. The van der Waals surface area contributed by atoms with Gasteiger partial charge in [0.25, 0.3) is 0 Å². The molecule has 8 heteroatoms. The quantitative estimate of drug-likeness (QED) is 0.324. The van der Waals surface area contributed by atoms with Crippen molar-refractivity contribution in [1.29, 1.82) is 5.26 Å². The minimum absolute atomic E-state index is 0. The first-order chi connectivity index (χ1) is 2.73. The second kappa shape index (κ2) is 31.4. The van der Waals surface area contributed by atoms with Gasteiger partial charge in [-0.1, -0.05) is 0 Å². The number of hydrogen-bond donors (Lipinski definition) is 0. The van der Waals surface area contributed by atoms with Crippen molar-refractivity contribution >= 4 is 7.32 Å². The van der Waals surface area contributed by atoms with Crippen molar-refractivity contribution in [2.75, 3.05) is 0 Å². The summed E-state index contributed by atoms with van der Waals surface area (Å²) in [6.07, 6.45) is 0. The average Bonchev–Trinajstić information content (AvgIpc) is 1.41. The van der Waals surface area contributed by atoms with E-state index < -0.39 is 7.32 Å². The SMILES string of the molecule is C#N.[Na+].[Na+].[Na+].[O-]B([O-])[O-]. The van der Waals surface area contributed by atoms with Gasteiger partial charge in [0.1, 0.15) is 0 Å². The van der Waals surface area contributed by atoms with Crippen LogP contribution in [0.2, 0.25) is 0 Å². The first-order valence-electron chi connectivity index (χ1n) is 0.965. The Kier molecular flexibility index (Phi) is 105. The molecule has 0 unspecified atom stereocenters. The Balaban J connectivity index is -0.00000000990. The molecule has 0 radical (unpaired) electrons. The van der Waals surface area contributed by atoms with E-state index in [0.717, 1.165) is 0 Å². The van der Waals surface area contributed by atoms with Gasteiger partial charge in [-0.05, 0) is 0 Å². The third-order valence-electron chi connectivity index (χ3n) is 0. The Labute approximate surface area is 121 Å². The minimum atomic E-state index is -2.92. The molecule has 0 aromatic heterocycles. The van der Waals surface area contributed by atoms with Crippen molar-refractivity contribution < 1.29 is 104 Å². The van der Waals surface area contributed by atoms with Crippen molar-refractivity contribution in [2.24, 2.45) is 0 Å². The molecule has 0 aromatic rings. The van der Waals surface area contributed by atoms with Gasteiger partial charge in [-0.2, -0.15) is 0 Å². The molecule has 0 N–H and O–H groups in total. The molecule has 4 nitrogen and oxygen atoms in total. The summed E-state index contributed by atoms with van der Waals surface area (Å²) in [6.45, 7) is 3.50. The molecule has 34 valence electrons. The normalized spacial score (nSPS) is 3.22. The zero-order valence-corrected chi connectivity index (χ0v) is 11.8. The summed E-state index contributed by atoms with van der Waals surface area (Å²) in [5.74, 6) is 0. The van der Waals surface area contributed by atoms with E-state index in [1.165, 1.54) is 0 Å². The van der Waals surface area contributed by atoms with Crippen LogP contribution in [-0.4, -0.2) is 7.32 Å². The summed E-state index contributed by atoms with van der Waals surface area (Å²) in [5.41, 5.74) is 0. The van der Waals surface area contributed by atoms with E-state index in [1.807, 2.05) is 0 Å². The molecule has 0 fully saturated rings. The van der Waals surface area contributed by atoms with Gasteiger partial charge in [-0.3, -0.25) is 7.32 Å². The van der Waals surface area contributed by atoms with Gasteiger partial charge in [0.2, 0.25) is 0 Å². The molecule has 0 bridgehead atoms. The van der Waals surface area contributed by atoms with Crippen LogP contribution in [0.3, 0.4) is 0 Å². The first-order valence-corrected chi connectivity index (χ1v) is 0.965. The molecule has 0 aliphatic rings. The number of rotatable bonds is 0. The smallest absolute Gasteiger partial charge is 0.907 e. The molecule has 0 aromatic carbocycles. The molecular formula is CHBNNa3O3. The molecule has 9 heavy (non-hydrogen) atoms. The topological polar surface area (TPSA) is 93.0 Å². The predicted molar refractivity (Wildman–Crippen MR) is 12.4 cm³/mol. The summed E-state index contributed by atoms with van der Waals surface area (Å²) >= 11 is 0. The molecule has 0 saturated heterocycles. The van der Waals surface area contributed by atoms with E-state index in [-0.39, 0.29) is 88.7 Å². The fraction of sp³-hybridized carbons (Fsp3) is 0. The largest absolute Gasteiger partial charge is 1.00 e. The van der Waals surface area contributed by atoms with E-state index in [1.54, 1.807) is 0 Å². The molecule has 0 heterocycles. The fourth-order valence-corrected chi connectivity index (χ4v) is 0. The van der Waals surface area contributed by atoms with Crippen LogP contribution >= 0.6 is 0 Å². The molecule has 0 saturated carbocycles. The number of nitrogens with zero attached hydrogens (tertiary/aromatic N) is 1. The van der Waals surface area contributed by atoms with E-state index in [9.17, 15) is 0 Å². The van der Waals surface area contributed by atoms with Crippen molar-refractivity contribution in [3.05, 3.63) is 0 Å². The molecule has 0 aliphatic carbocycles. The number of hydrogen-bond acceptors (Lipinski definition) is 4. The Morgan fingerprint density at radius 3 is 0.889 bits per heavy atom. The van der Waals surface area contributed by atoms with Gasteiger partial charge >= 0.3 is 88.7 Å². The first kappa shape index (κ1) is 30.1. The van der Waals surface area contributed by atoms with E-state index in [2.05, 4.69) is 6.57 Å². The molecule has 0 rings (SSSR count). The van der Waals surface area contributed by atoms with Crippen molar-refractivity contribution in [1.82, 2.24) is 0 Å². The minimum Gasteiger partial charge on any atom is -0.907 e. The molecule has 0 aliphatic heterocycles. The maximum absolute atomic E-state index is 8.42. The summed E-state index contributed by atoms with van der Waals surface area (Å²) in [4.78, 5) is 0. The standard InChI is InChI=1S/CHN.BO3.3Na/c1-2;2-1(3)4;;;/h1H;;;;/q;-3;3*+1. The monoisotopic (exact) mass is 155 g/mol. The van der Waals surface area contributed by atoms with Crippen LogP contribution in [0, 0.1) is 11.8 Å². The van der Waals surface area contributed by atoms with Gasteiger partial charge in [0.05, 0.1) is 0 Å². The van der Waals surface area contributed by atoms with Gasteiger partial charge < -0.3 is 15.1 Å². The van der Waals surface area contributed by atoms with Crippen LogP contribution < -0.4 is 104 Å². The summed E-state index contributed by atoms with van der Waals surface area (Å²) < 4.78 is 0. The fourth-order valence-electron chi connectivity index (χ4n) is 0. The van der Waals surface area contributed by atoms with Crippen LogP contribution in [0.1, 0.15) is 0 Å². The Morgan fingerprint density at radius 1 is 0.889 bits per heavy atom. The second-order valence-electron chi connectivity index (χ2n) is 0.289. The van der Waals surface area contributed by atoms with Crippen molar-refractivity contribution in [3.8, 4) is 6.57 Å². The molecular weight excluding hydrogens is 154 g/mol. The van der Waals surface area contributed by atoms with Crippen LogP contribution in [0.15, 0.2) is 0 Å². The van der Waals surface area contributed by atoms with Crippen LogP contribution in [0.5, 0.6) is 0 Å². The van der Waals surface area contributed by atoms with Crippen LogP contribution in [0.25, 0.3) is 0 Å². The number of nitriles is 1. The van der Waals surface area contributed by atoms with Crippen molar-refractivity contribution in [3.63, 3.8) is 0 Å². The van der Waals surface area contributed by atoms with E-state index in [4.69, 9.17) is 20.3 Å². The Hall–Kier alpha value is 2.43. The Morgan fingerprint density at radius 2 is 0.889 bits per heavy atom.